The van der Waals surface area contributed by atoms with E-state index in [1.165, 1.54) is 0 Å². The molecule has 1 fully saturated rings. The second-order valence-electron chi connectivity index (χ2n) is 5.76. The maximum atomic E-state index is 12.2. The quantitative estimate of drug-likeness (QED) is 0.845. The molecule has 0 aliphatic carbocycles. The van der Waals surface area contributed by atoms with E-state index in [4.69, 9.17) is 4.74 Å². The summed E-state index contributed by atoms with van der Waals surface area (Å²) in [4.78, 5) is 25.7. The van der Waals surface area contributed by atoms with Gasteiger partial charge in [-0.25, -0.2) is 4.79 Å². The zero-order valence-electron chi connectivity index (χ0n) is 14.0. The van der Waals surface area contributed by atoms with E-state index >= 15 is 0 Å². The number of ether oxygens (including phenoxy) is 1. The first-order valence-electron chi connectivity index (χ1n) is 8.13. The van der Waals surface area contributed by atoms with Gasteiger partial charge in [0.25, 0.3) is 0 Å². The minimum Gasteiger partial charge on any atom is -0.494 e. The Hall–Kier alpha value is -2.24. The second-order valence-corrected chi connectivity index (χ2v) is 5.76. The lowest BCUT2D eigenvalue weighted by Gasteiger charge is -2.19. The molecule has 126 valence electrons. The Morgan fingerprint density at radius 2 is 2.04 bits per heavy atom. The SMILES string of the molecule is CCOc1ccc(N2C[C@H](NC(=O)N[C@H](C)CC)CC2=O)cc1. The van der Waals surface area contributed by atoms with Crippen LogP contribution in [0.2, 0.25) is 0 Å². The highest BCUT2D eigenvalue weighted by Gasteiger charge is 2.31. The van der Waals surface area contributed by atoms with Crippen molar-refractivity contribution in [3.05, 3.63) is 24.3 Å². The fraction of sp³-hybridized carbons (Fsp3) is 0.529. The van der Waals surface area contributed by atoms with Crippen LogP contribution in [0.1, 0.15) is 33.6 Å². The molecule has 1 aromatic rings. The van der Waals surface area contributed by atoms with Gasteiger partial charge >= 0.3 is 6.03 Å². The smallest absolute Gasteiger partial charge is 0.315 e. The standard InChI is InChI=1S/C17H25N3O3/c1-4-12(3)18-17(22)19-13-10-16(21)20(11-13)14-6-8-15(9-7-14)23-5-2/h6-9,12-13H,4-5,10-11H2,1-3H3,(H2,18,19,22)/t12-,13-/m1/s1. The van der Waals surface area contributed by atoms with Crippen LogP contribution in [0.5, 0.6) is 5.75 Å². The predicted octanol–water partition coefficient (Wildman–Crippen LogP) is 2.29. The van der Waals surface area contributed by atoms with Crippen molar-refractivity contribution in [2.45, 2.75) is 45.7 Å². The van der Waals surface area contributed by atoms with Crippen molar-refractivity contribution >= 4 is 17.6 Å². The number of nitrogens with one attached hydrogen (secondary N) is 2. The minimum absolute atomic E-state index is 0.0167. The van der Waals surface area contributed by atoms with Gasteiger partial charge in [-0.3, -0.25) is 4.79 Å². The van der Waals surface area contributed by atoms with Crippen molar-refractivity contribution in [3.63, 3.8) is 0 Å². The number of amides is 3. The monoisotopic (exact) mass is 319 g/mol. The molecule has 1 heterocycles. The summed E-state index contributed by atoms with van der Waals surface area (Å²) in [7, 11) is 0. The fourth-order valence-electron chi connectivity index (χ4n) is 2.50. The van der Waals surface area contributed by atoms with Gasteiger partial charge < -0.3 is 20.3 Å². The van der Waals surface area contributed by atoms with Crippen LogP contribution >= 0.6 is 0 Å². The highest BCUT2D eigenvalue weighted by atomic mass is 16.5. The van der Waals surface area contributed by atoms with E-state index in [0.717, 1.165) is 17.9 Å². The number of carbonyl (C=O) groups excluding carboxylic acids is 2. The molecule has 1 aliphatic rings. The van der Waals surface area contributed by atoms with E-state index in [9.17, 15) is 9.59 Å². The molecule has 1 aliphatic heterocycles. The van der Waals surface area contributed by atoms with Gasteiger partial charge in [-0.2, -0.15) is 0 Å². The average Bonchev–Trinajstić information content (AvgIpc) is 2.88. The number of rotatable bonds is 6. The van der Waals surface area contributed by atoms with Gasteiger partial charge in [0.05, 0.1) is 12.6 Å². The van der Waals surface area contributed by atoms with Crippen LogP contribution in [0.25, 0.3) is 0 Å². The molecule has 0 aromatic heterocycles. The largest absolute Gasteiger partial charge is 0.494 e. The highest BCUT2D eigenvalue weighted by molar-refractivity contribution is 5.96. The summed E-state index contributed by atoms with van der Waals surface area (Å²) in [5.41, 5.74) is 0.824. The van der Waals surface area contributed by atoms with Crippen molar-refractivity contribution < 1.29 is 14.3 Å². The third-order valence-electron chi connectivity index (χ3n) is 3.91. The number of urea groups is 1. The van der Waals surface area contributed by atoms with Crippen LogP contribution in [0, 0.1) is 0 Å². The summed E-state index contributed by atoms with van der Waals surface area (Å²) in [5.74, 6) is 0.800. The third kappa shape index (κ3) is 4.61. The number of nitrogens with zero attached hydrogens (tertiary/aromatic N) is 1. The van der Waals surface area contributed by atoms with Crippen LogP contribution < -0.4 is 20.3 Å². The first-order valence-corrected chi connectivity index (χ1v) is 8.13. The molecule has 3 amide bonds. The Morgan fingerprint density at radius 3 is 2.65 bits per heavy atom. The molecule has 0 unspecified atom stereocenters. The lowest BCUT2D eigenvalue weighted by Crippen LogP contribution is -2.46. The Balaban J connectivity index is 1.93. The van der Waals surface area contributed by atoms with E-state index in [-0.39, 0.29) is 24.0 Å². The van der Waals surface area contributed by atoms with Gasteiger partial charge in [0.2, 0.25) is 5.91 Å². The van der Waals surface area contributed by atoms with E-state index in [1.807, 2.05) is 45.0 Å². The van der Waals surface area contributed by atoms with E-state index in [2.05, 4.69) is 10.6 Å². The van der Waals surface area contributed by atoms with Crippen molar-refractivity contribution in [2.75, 3.05) is 18.1 Å². The number of hydrogen-bond donors (Lipinski definition) is 2. The Bertz CT molecular complexity index is 545. The van der Waals surface area contributed by atoms with Crippen LogP contribution in [0.3, 0.4) is 0 Å². The molecule has 2 rings (SSSR count). The first-order chi connectivity index (χ1) is 11.0. The molecular weight excluding hydrogens is 294 g/mol. The lowest BCUT2D eigenvalue weighted by atomic mass is 10.2. The fourth-order valence-corrected chi connectivity index (χ4v) is 2.50. The topological polar surface area (TPSA) is 70.7 Å². The zero-order chi connectivity index (χ0) is 16.8. The number of carbonyl (C=O) groups is 2. The third-order valence-corrected chi connectivity index (χ3v) is 3.91. The van der Waals surface area contributed by atoms with Crippen molar-refractivity contribution in [1.29, 1.82) is 0 Å². The van der Waals surface area contributed by atoms with E-state index < -0.39 is 0 Å². The van der Waals surface area contributed by atoms with Gasteiger partial charge in [-0.15, -0.1) is 0 Å². The highest BCUT2D eigenvalue weighted by Crippen LogP contribution is 2.24. The first kappa shape index (κ1) is 17.1. The Morgan fingerprint density at radius 1 is 1.35 bits per heavy atom. The van der Waals surface area contributed by atoms with Crippen molar-refractivity contribution in [3.8, 4) is 5.75 Å². The number of anilines is 1. The van der Waals surface area contributed by atoms with Crippen LogP contribution in [0.4, 0.5) is 10.5 Å². The van der Waals surface area contributed by atoms with Crippen molar-refractivity contribution in [2.24, 2.45) is 0 Å². The van der Waals surface area contributed by atoms with Gasteiger partial charge in [0.15, 0.2) is 0 Å². The average molecular weight is 319 g/mol. The predicted molar refractivity (Wildman–Crippen MR) is 89.8 cm³/mol. The summed E-state index contributed by atoms with van der Waals surface area (Å²) in [5, 5.41) is 5.72. The summed E-state index contributed by atoms with van der Waals surface area (Å²) < 4.78 is 5.40. The number of hydrogen-bond acceptors (Lipinski definition) is 3. The molecule has 6 heteroatoms. The molecule has 0 spiro atoms. The van der Waals surface area contributed by atoms with Crippen LogP contribution in [-0.2, 0) is 4.79 Å². The van der Waals surface area contributed by atoms with E-state index in [0.29, 0.717) is 19.6 Å². The molecule has 0 radical (unpaired) electrons. The van der Waals surface area contributed by atoms with Gasteiger partial charge in [0.1, 0.15) is 5.75 Å². The van der Waals surface area contributed by atoms with Gasteiger partial charge in [-0.05, 0) is 44.5 Å². The van der Waals surface area contributed by atoms with E-state index in [1.54, 1.807) is 4.90 Å². The van der Waals surface area contributed by atoms with Gasteiger partial charge in [-0.1, -0.05) is 6.92 Å². The summed E-state index contributed by atoms with van der Waals surface area (Å²) >= 11 is 0. The molecule has 6 nitrogen and oxygen atoms in total. The number of benzene rings is 1. The van der Waals surface area contributed by atoms with Crippen LogP contribution in [0.15, 0.2) is 24.3 Å². The molecule has 0 saturated carbocycles. The Labute approximate surface area is 137 Å². The van der Waals surface area contributed by atoms with Crippen LogP contribution in [-0.4, -0.2) is 37.2 Å². The molecule has 2 N–H and O–H groups in total. The molecule has 1 saturated heterocycles. The van der Waals surface area contributed by atoms with Gasteiger partial charge in [0, 0.05) is 24.7 Å². The summed E-state index contributed by atoms with van der Waals surface area (Å²) in [6, 6.07) is 7.16. The maximum Gasteiger partial charge on any atom is 0.315 e. The summed E-state index contributed by atoms with van der Waals surface area (Å²) in [6.45, 7) is 6.99. The Kier molecular flexibility index (Phi) is 5.84. The normalized spacial score (nSPS) is 18.7. The van der Waals surface area contributed by atoms with Crippen molar-refractivity contribution in [1.82, 2.24) is 10.6 Å². The minimum atomic E-state index is -0.217. The zero-order valence-corrected chi connectivity index (χ0v) is 14.0. The lowest BCUT2D eigenvalue weighted by molar-refractivity contribution is -0.117. The maximum absolute atomic E-state index is 12.2. The molecule has 23 heavy (non-hydrogen) atoms. The second kappa shape index (κ2) is 7.85. The molecule has 2 atom stereocenters. The molecular formula is C17H25N3O3. The molecule has 1 aromatic carbocycles. The summed E-state index contributed by atoms with van der Waals surface area (Å²) in [6.07, 6.45) is 1.19. The molecule has 0 bridgehead atoms.